The van der Waals surface area contributed by atoms with E-state index in [4.69, 9.17) is 5.11 Å². The van der Waals surface area contributed by atoms with Crippen molar-refractivity contribution in [2.24, 2.45) is 5.41 Å². The Labute approximate surface area is 103 Å². The predicted molar refractivity (Wildman–Crippen MR) is 71.7 cm³/mol. The van der Waals surface area contributed by atoms with Crippen molar-refractivity contribution in [2.75, 3.05) is 0 Å². The minimum absolute atomic E-state index is 0.0775. The monoisotopic (exact) mass is 256 g/mol. The number of aliphatic carboxylic acids is 1. The van der Waals surface area contributed by atoms with Crippen LogP contribution in [0.15, 0.2) is 0 Å². The Hall–Kier alpha value is 0.520. The van der Waals surface area contributed by atoms with E-state index in [1.807, 2.05) is 27.7 Å². The molecule has 0 aliphatic rings. The molecule has 0 amide bonds. The molecule has 14 heavy (non-hydrogen) atoms. The second kappa shape index (κ2) is 6.90. The second-order valence-electron chi connectivity index (χ2n) is 4.26. The zero-order chi connectivity index (χ0) is 12.0. The molecule has 1 N–H and O–H groups in total. The van der Waals surface area contributed by atoms with Crippen LogP contribution in [-0.2, 0) is 4.79 Å². The summed E-state index contributed by atoms with van der Waals surface area (Å²) in [6, 6.07) is 0. The lowest BCUT2D eigenvalue weighted by Crippen LogP contribution is -2.11. The van der Waals surface area contributed by atoms with Crippen molar-refractivity contribution in [2.45, 2.75) is 43.9 Å². The highest BCUT2D eigenvalue weighted by Gasteiger charge is 2.13. The first-order valence-corrected chi connectivity index (χ1v) is 5.71. The van der Waals surface area contributed by atoms with Crippen molar-refractivity contribution in [3.63, 3.8) is 0 Å². The quantitative estimate of drug-likeness (QED) is 0.452. The normalized spacial score (nSPS) is 11.6. The molecule has 0 aromatic rings. The van der Waals surface area contributed by atoms with Gasteiger partial charge < -0.3 is 5.11 Å². The zero-order valence-electron chi connectivity index (χ0n) is 9.11. The Morgan fingerprint density at radius 1 is 1.21 bits per heavy atom. The first-order chi connectivity index (χ1) is 5.98. The van der Waals surface area contributed by atoms with Crippen LogP contribution in [0.25, 0.3) is 0 Å². The molecule has 0 atom stereocenters. The fourth-order valence-electron chi connectivity index (χ4n) is 0.454. The summed E-state index contributed by atoms with van der Waals surface area (Å²) in [7, 11) is 0. The van der Waals surface area contributed by atoms with Gasteiger partial charge in [0.2, 0.25) is 0 Å². The number of hydrogen-bond acceptors (Lipinski definition) is 4. The second-order valence-corrected chi connectivity index (χ2v) is 7.61. The largest absolute Gasteiger partial charge is 0.481 e. The van der Waals surface area contributed by atoms with E-state index in [-0.39, 0.29) is 15.2 Å². The van der Waals surface area contributed by atoms with Crippen LogP contribution in [-0.4, -0.2) is 14.5 Å². The van der Waals surface area contributed by atoms with Gasteiger partial charge in [-0.1, -0.05) is 27.7 Å². The maximum absolute atomic E-state index is 10.0. The maximum atomic E-state index is 10.0. The highest BCUT2D eigenvalue weighted by Crippen LogP contribution is 2.26. The van der Waals surface area contributed by atoms with Crippen molar-refractivity contribution < 1.29 is 9.90 Å². The Bertz CT molecular complexity index is 168. The minimum Gasteiger partial charge on any atom is -0.481 e. The van der Waals surface area contributed by atoms with E-state index in [0.29, 0.717) is 0 Å². The molecule has 0 saturated heterocycles. The number of carboxylic acids is 1. The van der Waals surface area contributed by atoms with Gasteiger partial charge in [0.25, 0.3) is 0 Å². The third-order valence-electron chi connectivity index (χ3n) is 1.16. The van der Waals surface area contributed by atoms with Gasteiger partial charge in [-0.05, 0) is 11.8 Å². The smallest absolute Gasteiger partial charge is 0.303 e. The summed E-state index contributed by atoms with van der Waals surface area (Å²) in [5.41, 5.74) is -0.0775. The number of hydrogen-bond donors (Lipinski definition) is 4. The highest BCUT2D eigenvalue weighted by molar-refractivity contribution is 8.16. The predicted octanol–water partition coefficient (Wildman–Crippen LogP) is 3.35. The first-order valence-electron chi connectivity index (χ1n) is 4.37. The summed E-state index contributed by atoms with van der Waals surface area (Å²) in [6.07, 6.45) is 1.11. The van der Waals surface area contributed by atoms with Gasteiger partial charge in [0.05, 0.1) is 9.83 Å². The molecule has 0 saturated carbocycles. The highest BCUT2D eigenvalue weighted by atomic mass is 32.2. The van der Waals surface area contributed by atoms with Crippen molar-refractivity contribution >= 4 is 43.9 Å². The number of carboxylic acid groups (broad SMARTS) is 1. The van der Waals surface area contributed by atoms with Crippen LogP contribution in [0.3, 0.4) is 0 Å². The summed E-state index contributed by atoms with van der Waals surface area (Å²) < 4.78 is -0.375. The van der Waals surface area contributed by atoms with Crippen LogP contribution in [0.2, 0.25) is 0 Å². The minimum atomic E-state index is -0.725. The molecule has 0 fully saturated rings. The van der Waals surface area contributed by atoms with Crippen molar-refractivity contribution in [3.8, 4) is 0 Å². The van der Waals surface area contributed by atoms with E-state index in [1.165, 1.54) is 0 Å². The Kier molecular flexibility index (Phi) is 8.35. The SMILES string of the molecule is CC(C)(C)CC(=O)O.CCC(S)(S)S. The van der Waals surface area contributed by atoms with Gasteiger partial charge in [-0.25, -0.2) is 0 Å². The van der Waals surface area contributed by atoms with E-state index >= 15 is 0 Å². The zero-order valence-corrected chi connectivity index (χ0v) is 11.8. The molecule has 0 aromatic carbocycles. The molecule has 2 nitrogen and oxygen atoms in total. The van der Waals surface area contributed by atoms with Gasteiger partial charge in [-0.2, -0.15) is 37.9 Å². The fraction of sp³-hybridized carbons (Fsp3) is 0.889. The lowest BCUT2D eigenvalue weighted by molar-refractivity contribution is -0.139. The Balaban J connectivity index is 0. The van der Waals surface area contributed by atoms with Gasteiger partial charge in [-0.15, -0.1) is 0 Å². The van der Waals surface area contributed by atoms with Crippen molar-refractivity contribution in [3.05, 3.63) is 0 Å². The summed E-state index contributed by atoms with van der Waals surface area (Å²) in [6.45, 7) is 7.69. The van der Waals surface area contributed by atoms with Crippen LogP contribution in [0.4, 0.5) is 0 Å². The maximum Gasteiger partial charge on any atom is 0.303 e. The van der Waals surface area contributed by atoms with E-state index in [1.54, 1.807) is 0 Å². The van der Waals surface area contributed by atoms with Gasteiger partial charge in [0.15, 0.2) is 0 Å². The van der Waals surface area contributed by atoms with Gasteiger partial charge >= 0.3 is 5.97 Å². The first kappa shape index (κ1) is 16.9. The molecule has 0 radical (unpaired) electrons. The third kappa shape index (κ3) is 22.9. The molecule has 5 heteroatoms. The molecule has 0 bridgehead atoms. The Morgan fingerprint density at radius 2 is 1.50 bits per heavy atom. The molecular weight excluding hydrogens is 236 g/mol. The standard InChI is InChI=1S/C6H12O2.C3H8S3/c1-6(2,3)4-5(7)8;1-2-3(4,5)6/h4H2,1-3H3,(H,7,8);4-6H,2H2,1H3. The van der Waals surface area contributed by atoms with E-state index < -0.39 is 5.97 Å². The Morgan fingerprint density at radius 3 is 1.50 bits per heavy atom. The number of rotatable bonds is 2. The average Bonchev–Trinajstić information content (AvgIpc) is 1.81. The molecule has 0 aromatic heterocycles. The van der Waals surface area contributed by atoms with E-state index in [9.17, 15) is 4.79 Å². The fourth-order valence-corrected chi connectivity index (χ4v) is 0.454. The van der Waals surface area contributed by atoms with Crippen molar-refractivity contribution in [1.29, 1.82) is 0 Å². The molecule has 0 aliphatic carbocycles. The lowest BCUT2D eigenvalue weighted by atomic mass is 9.93. The number of carbonyl (C=O) groups is 1. The van der Waals surface area contributed by atoms with Crippen LogP contribution in [0, 0.1) is 5.41 Å². The van der Waals surface area contributed by atoms with Crippen molar-refractivity contribution in [1.82, 2.24) is 0 Å². The summed E-state index contributed by atoms with van der Waals surface area (Å²) >= 11 is 11.9. The summed E-state index contributed by atoms with van der Waals surface area (Å²) in [5, 5.41) is 8.25. The lowest BCUT2D eigenvalue weighted by Gasteiger charge is -2.13. The van der Waals surface area contributed by atoms with Crippen LogP contribution in [0.1, 0.15) is 40.5 Å². The molecule has 0 aliphatic heterocycles. The van der Waals surface area contributed by atoms with E-state index in [2.05, 4.69) is 37.9 Å². The molecule has 0 rings (SSSR count). The van der Waals surface area contributed by atoms with Crippen LogP contribution in [0.5, 0.6) is 0 Å². The molecular formula is C9H20O2S3. The van der Waals surface area contributed by atoms with Gasteiger partial charge in [0, 0.05) is 0 Å². The molecule has 86 valence electrons. The summed E-state index contributed by atoms with van der Waals surface area (Å²) in [4.78, 5) is 10.0. The van der Waals surface area contributed by atoms with Crippen LogP contribution >= 0.6 is 37.9 Å². The molecule has 0 unspecified atom stereocenters. The molecule has 0 spiro atoms. The van der Waals surface area contributed by atoms with Crippen LogP contribution < -0.4 is 0 Å². The molecule has 0 heterocycles. The average molecular weight is 256 g/mol. The van der Waals surface area contributed by atoms with Gasteiger partial charge in [-0.3, -0.25) is 4.79 Å². The summed E-state index contributed by atoms with van der Waals surface area (Å²) in [5.74, 6) is -0.725. The third-order valence-corrected chi connectivity index (χ3v) is 2.10. The number of thiol groups is 3. The van der Waals surface area contributed by atoms with E-state index in [0.717, 1.165) is 6.42 Å². The van der Waals surface area contributed by atoms with Gasteiger partial charge in [0.1, 0.15) is 0 Å². The topological polar surface area (TPSA) is 37.3 Å².